The molecular formula is C23H22N4O2. The number of amides is 2. The molecule has 6 nitrogen and oxygen atoms in total. The van der Waals surface area contributed by atoms with Crippen LogP contribution >= 0.6 is 0 Å². The predicted molar refractivity (Wildman–Crippen MR) is 114 cm³/mol. The number of carbonyl (C=O) groups excluding carboxylic acids is 2. The maximum Gasteiger partial charge on any atom is 0.258 e. The van der Waals surface area contributed by atoms with Gasteiger partial charge in [0, 0.05) is 30.5 Å². The van der Waals surface area contributed by atoms with Crippen molar-refractivity contribution in [3.8, 4) is 5.69 Å². The Hall–Kier alpha value is -3.93. The highest BCUT2D eigenvalue weighted by molar-refractivity contribution is 6.04. The lowest BCUT2D eigenvalue weighted by Gasteiger charge is -2.19. The van der Waals surface area contributed by atoms with Crippen molar-refractivity contribution in [3.63, 3.8) is 0 Å². The second-order valence-electron chi connectivity index (χ2n) is 6.33. The molecule has 0 aliphatic carbocycles. The summed E-state index contributed by atoms with van der Waals surface area (Å²) in [5.41, 5.74) is 2.44. The van der Waals surface area contributed by atoms with Crippen molar-refractivity contribution >= 4 is 17.5 Å². The van der Waals surface area contributed by atoms with Gasteiger partial charge in [-0.2, -0.15) is 5.10 Å². The molecule has 0 fully saturated rings. The Morgan fingerprint density at radius 1 is 0.966 bits per heavy atom. The third kappa shape index (κ3) is 4.87. The number of aromatic nitrogens is 2. The van der Waals surface area contributed by atoms with Gasteiger partial charge in [0.15, 0.2) is 0 Å². The van der Waals surface area contributed by atoms with Crippen LogP contribution in [0.15, 0.2) is 92.3 Å². The van der Waals surface area contributed by atoms with Gasteiger partial charge in [-0.25, -0.2) is 4.68 Å². The SMILES string of the molecule is C=CCN(CC=C)C(=O)c1ccc(NC(=O)c2cnn(-c3ccccc3)c2)cc1. The van der Waals surface area contributed by atoms with E-state index in [0.29, 0.717) is 29.9 Å². The zero-order valence-corrected chi connectivity index (χ0v) is 16.0. The van der Waals surface area contributed by atoms with Gasteiger partial charge in [0.05, 0.1) is 17.4 Å². The molecule has 3 aromatic rings. The number of hydrogen-bond acceptors (Lipinski definition) is 3. The highest BCUT2D eigenvalue weighted by atomic mass is 16.2. The number of nitrogens with zero attached hydrogens (tertiary/aromatic N) is 3. The molecule has 2 amide bonds. The minimum Gasteiger partial charge on any atom is -0.331 e. The van der Waals surface area contributed by atoms with Crippen LogP contribution < -0.4 is 5.32 Å². The third-order valence-corrected chi connectivity index (χ3v) is 4.24. The normalized spacial score (nSPS) is 10.2. The fourth-order valence-electron chi connectivity index (χ4n) is 2.80. The number of para-hydroxylation sites is 1. The van der Waals surface area contributed by atoms with Crippen LogP contribution in [0.2, 0.25) is 0 Å². The molecule has 0 saturated heterocycles. The molecule has 6 heteroatoms. The quantitative estimate of drug-likeness (QED) is 0.596. The summed E-state index contributed by atoms with van der Waals surface area (Å²) in [5.74, 6) is -0.391. The Morgan fingerprint density at radius 3 is 2.24 bits per heavy atom. The van der Waals surface area contributed by atoms with Crippen LogP contribution in [-0.2, 0) is 0 Å². The molecule has 2 aromatic carbocycles. The lowest BCUT2D eigenvalue weighted by atomic mass is 10.1. The molecule has 0 radical (unpaired) electrons. The summed E-state index contributed by atoms with van der Waals surface area (Å²) in [7, 11) is 0. The molecule has 1 heterocycles. The Bertz CT molecular complexity index is 997. The topological polar surface area (TPSA) is 67.2 Å². The van der Waals surface area contributed by atoms with Crippen molar-refractivity contribution in [2.75, 3.05) is 18.4 Å². The standard InChI is InChI=1S/C23H22N4O2/c1-3-14-26(15-4-2)23(29)18-10-12-20(13-11-18)25-22(28)19-16-24-27(17-19)21-8-6-5-7-9-21/h3-13,16-17H,1-2,14-15H2,(H,25,28). The number of benzene rings is 2. The van der Waals surface area contributed by atoms with E-state index in [1.165, 1.54) is 6.20 Å². The molecule has 1 N–H and O–H groups in total. The van der Waals surface area contributed by atoms with Crippen molar-refractivity contribution < 1.29 is 9.59 Å². The number of anilines is 1. The van der Waals surface area contributed by atoms with Crippen molar-refractivity contribution in [1.29, 1.82) is 0 Å². The summed E-state index contributed by atoms with van der Waals surface area (Å²) in [6.45, 7) is 8.22. The number of rotatable bonds is 8. The molecule has 3 rings (SSSR count). The summed E-state index contributed by atoms with van der Waals surface area (Å²) in [6.07, 6.45) is 6.53. The zero-order valence-electron chi connectivity index (χ0n) is 16.0. The summed E-state index contributed by atoms with van der Waals surface area (Å²) in [4.78, 5) is 26.7. The fraction of sp³-hybridized carbons (Fsp3) is 0.0870. The Morgan fingerprint density at radius 2 is 1.62 bits per heavy atom. The highest BCUT2D eigenvalue weighted by Crippen LogP contribution is 2.14. The zero-order chi connectivity index (χ0) is 20.6. The molecular weight excluding hydrogens is 364 g/mol. The summed E-state index contributed by atoms with van der Waals surface area (Å²) in [5, 5.41) is 7.05. The number of nitrogens with one attached hydrogen (secondary N) is 1. The first-order valence-corrected chi connectivity index (χ1v) is 9.15. The van der Waals surface area contributed by atoms with Gasteiger partial charge in [0.25, 0.3) is 11.8 Å². The average molecular weight is 386 g/mol. The van der Waals surface area contributed by atoms with E-state index in [-0.39, 0.29) is 11.8 Å². The summed E-state index contributed by atoms with van der Waals surface area (Å²) in [6, 6.07) is 16.3. The van der Waals surface area contributed by atoms with Crippen LogP contribution in [0.25, 0.3) is 5.69 Å². The smallest absolute Gasteiger partial charge is 0.258 e. The first-order valence-electron chi connectivity index (χ1n) is 9.15. The van der Waals surface area contributed by atoms with Gasteiger partial charge in [-0.15, -0.1) is 13.2 Å². The van der Waals surface area contributed by atoms with E-state index in [9.17, 15) is 9.59 Å². The Labute approximate surface area is 169 Å². The molecule has 0 bridgehead atoms. The minimum absolute atomic E-state index is 0.119. The van der Waals surface area contributed by atoms with E-state index in [2.05, 4.69) is 23.6 Å². The molecule has 0 aliphatic rings. The van der Waals surface area contributed by atoms with Crippen molar-refractivity contribution in [3.05, 3.63) is 103 Å². The minimum atomic E-state index is -0.272. The number of carbonyl (C=O) groups is 2. The van der Waals surface area contributed by atoms with Crippen LogP contribution in [-0.4, -0.2) is 39.6 Å². The largest absolute Gasteiger partial charge is 0.331 e. The lowest BCUT2D eigenvalue weighted by molar-refractivity contribution is 0.0790. The first-order chi connectivity index (χ1) is 14.1. The maximum absolute atomic E-state index is 12.5. The molecule has 0 atom stereocenters. The lowest BCUT2D eigenvalue weighted by Crippen LogP contribution is -2.31. The number of hydrogen-bond donors (Lipinski definition) is 1. The fourth-order valence-corrected chi connectivity index (χ4v) is 2.80. The maximum atomic E-state index is 12.5. The van der Waals surface area contributed by atoms with E-state index < -0.39 is 0 Å². The third-order valence-electron chi connectivity index (χ3n) is 4.24. The van der Waals surface area contributed by atoms with Crippen LogP contribution in [0.4, 0.5) is 5.69 Å². The second-order valence-corrected chi connectivity index (χ2v) is 6.33. The average Bonchev–Trinajstić information content (AvgIpc) is 3.25. The molecule has 0 aliphatic heterocycles. The van der Waals surface area contributed by atoms with Crippen LogP contribution in [0.5, 0.6) is 0 Å². The Kier molecular flexibility index (Phi) is 6.37. The van der Waals surface area contributed by atoms with E-state index in [4.69, 9.17) is 0 Å². The van der Waals surface area contributed by atoms with Crippen LogP contribution in [0.1, 0.15) is 20.7 Å². The Balaban J connectivity index is 1.67. The highest BCUT2D eigenvalue weighted by Gasteiger charge is 2.14. The van der Waals surface area contributed by atoms with E-state index in [0.717, 1.165) is 5.69 Å². The van der Waals surface area contributed by atoms with Gasteiger partial charge in [0.1, 0.15) is 0 Å². The van der Waals surface area contributed by atoms with Gasteiger partial charge in [-0.1, -0.05) is 30.4 Å². The van der Waals surface area contributed by atoms with Gasteiger partial charge in [-0.3, -0.25) is 9.59 Å². The van der Waals surface area contributed by atoms with Crippen LogP contribution in [0.3, 0.4) is 0 Å². The molecule has 29 heavy (non-hydrogen) atoms. The van der Waals surface area contributed by atoms with Gasteiger partial charge >= 0.3 is 0 Å². The van der Waals surface area contributed by atoms with E-state index in [1.807, 2.05) is 30.3 Å². The summed E-state index contributed by atoms with van der Waals surface area (Å²) >= 11 is 0. The molecule has 0 spiro atoms. The van der Waals surface area contributed by atoms with Crippen molar-refractivity contribution in [2.24, 2.45) is 0 Å². The van der Waals surface area contributed by atoms with E-state index >= 15 is 0 Å². The summed E-state index contributed by atoms with van der Waals surface area (Å²) < 4.78 is 1.64. The first kappa shape index (κ1) is 19.8. The van der Waals surface area contributed by atoms with Gasteiger partial charge in [0.2, 0.25) is 0 Å². The predicted octanol–water partition coefficient (Wildman–Crippen LogP) is 3.94. The molecule has 0 unspecified atom stereocenters. The van der Waals surface area contributed by atoms with Crippen LogP contribution in [0, 0.1) is 0 Å². The molecule has 0 saturated carbocycles. The van der Waals surface area contributed by atoms with Crippen molar-refractivity contribution in [1.82, 2.24) is 14.7 Å². The second kappa shape index (κ2) is 9.32. The van der Waals surface area contributed by atoms with E-state index in [1.54, 1.807) is 52.2 Å². The van der Waals surface area contributed by atoms with Gasteiger partial charge < -0.3 is 10.2 Å². The van der Waals surface area contributed by atoms with Gasteiger partial charge in [-0.05, 0) is 36.4 Å². The van der Waals surface area contributed by atoms with Crippen molar-refractivity contribution in [2.45, 2.75) is 0 Å². The molecule has 1 aromatic heterocycles. The monoisotopic (exact) mass is 386 g/mol. The molecule has 146 valence electrons.